The van der Waals surface area contributed by atoms with Crippen LogP contribution in [0.1, 0.15) is 93.9 Å². The molecule has 0 bridgehead atoms. The third-order valence-corrected chi connectivity index (χ3v) is 10.9. The van der Waals surface area contributed by atoms with Crippen LogP contribution < -0.4 is 0 Å². The van der Waals surface area contributed by atoms with Gasteiger partial charge >= 0.3 is 5.97 Å². The number of nitrogens with zero attached hydrogens (tertiary/aromatic N) is 1. The summed E-state index contributed by atoms with van der Waals surface area (Å²) < 4.78 is 37.7. The maximum absolute atomic E-state index is 13.9. The van der Waals surface area contributed by atoms with E-state index in [2.05, 4.69) is 0 Å². The number of aliphatic hydroxyl groups excluding tert-OH is 2. The van der Waals surface area contributed by atoms with Crippen LogP contribution in [-0.4, -0.2) is 126 Å². The predicted octanol–water partition coefficient (Wildman–Crippen LogP) is 3.07. The van der Waals surface area contributed by atoms with Crippen molar-refractivity contribution in [2.45, 2.75) is 160 Å². The van der Waals surface area contributed by atoms with Gasteiger partial charge in [0.15, 0.2) is 12.6 Å². The van der Waals surface area contributed by atoms with Crippen molar-refractivity contribution in [1.82, 2.24) is 4.90 Å². The quantitative estimate of drug-likeness (QED) is 0.341. The first kappa shape index (κ1) is 40.2. The van der Waals surface area contributed by atoms with Crippen molar-refractivity contribution in [3.63, 3.8) is 0 Å². The molecule has 0 saturated carbocycles. The highest BCUT2D eigenvalue weighted by Gasteiger charge is 2.52. The monoisotopic (exact) mass is 673 g/mol. The number of ether oxygens (including phenoxy) is 6. The summed E-state index contributed by atoms with van der Waals surface area (Å²) in [5.41, 5.74) is -3.06. The van der Waals surface area contributed by atoms with Gasteiger partial charge in [-0.2, -0.15) is 0 Å². The van der Waals surface area contributed by atoms with Gasteiger partial charge in [-0.3, -0.25) is 9.59 Å². The van der Waals surface area contributed by atoms with E-state index in [0.717, 1.165) is 12.8 Å². The number of hydrogen-bond donors (Lipinski definition) is 3. The normalized spacial score (nSPS) is 46.6. The molecule has 0 aromatic heterocycles. The minimum atomic E-state index is -1.90. The molecule has 0 radical (unpaired) electrons. The van der Waals surface area contributed by atoms with Crippen LogP contribution in [0.2, 0.25) is 0 Å². The number of carbonyl (C=O) groups is 2. The zero-order valence-electron chi connectivity index (χ0n) is 30.5. The van der Waals surface area contributed by atoms with E-state index in [9.17, 15) is 24.9 Å². The number of cyclic esters (lactones) is 1. The SMILES string of the molecule is CC[C@H]1OC(=O)[C@H](C)[C@@H](OC2CCCCO2)[C@H](C)[C@@H](O[C@@H]2O[C@H](C)C[C@H](N(C)C)[C@H]2O)[C@](C)(OC)C[C@@H](C)C(=O)[C@H](C)[C@@H](O)[C@]1(C)O. The van der Waals surface area contributed by atoms with Gasteiger partial charge in [-0.1, -0.05) is 27.7 Å². The second-order valence-corrected chi connectivity index (χ2v) is 15.0. The van der Waals surface area contributed by atoms with Crippen molar-refractivity contribution in [2.24, 2.45) is 23.7 Å². The molecule has 3 fully saturated rings. The Morgan fingerprint density at radius 3 is 2.21 bits per heavy atom. The lowest BCUT2D eigenvalue weighted by Gasteiger charge is -2.49. The van der Waals surface area contributed by atoms with Gasteiger partial charge < -0.3 is 48.6 Å². The van der Waals surface area contributed by atoms with Crippen molar-refractivity contribution < 1.29 is 53.3 Å². The second kappa shape index (κ2) is 16.7. The van der Waals surface area contributed by atoms with E-state index >= 15 is 0 Å². The maximum Gasteiger partial charge on any atom is 0.311 e. The standard InChI is InChI=1S/C35H63NO11/c1-12-25-35(8,41)30(39)21(4)27(37)19(2)18-34(7,42-11)31(47-33-28(38)24(36(9)10)17-20(3)44-33)22(5)29(23(6)32(40)45-25)46-26-15-13-14-16-43-26/h19-26,28-31,33,38-39,41H,12-18H2,1-11H3/t19-,20-,21+,22+,23-,24+,25-,26?,28-,29+,30-,31-,33+,34-,35-/m1/s1. The summed E-state index contributed by atoms with van der Waals surface area (Å²) in [6, 6.07) is -0.232. The molecule has 12 nitrogen and oxygen atoms in total. The molecule has 0 aliphatic carbocycles. The van der Waals surface area contributed by atoms with Gasteiger partial charge in [-0.15, -0.1) is 0 Å². The molecular weight excluding hydrogens is 610 g/mol. The fourth-order valence-corrected chi connectivity index (χ4v) is 7.81. The molecule has 274 valence electrons. The lowest BCUT2D eigenvalue weighted by molar-refractivity contribution is -0.307. The van der Waals surface area contributed by atoms with Crippen molar-refractivity contribution in [3.05, 3.63) is 0 Å². The summed E-state index contributed by atoms with van der Waals surface area (Å²) in [6.45, 7) is 14.4. The molecule has 1 unspecified atom stereocenters. The van der Waals surface area contributed by atoms with Gasteiger partial charge in [0, 0.05) is 37.5 Å². The predicted molar refractivity (Wildman–Crippen MR) is 174 cm³/mol. The Labute approximate surface area is 281 Å². The van der Waals surface area contributed by atoms with Gasteiger partial charge in [0.05, 0.1) is 35.9 Å². The number of likely N-dealkylation sites (N-methyl/N-ethyl adjacent to an activating group) is 1. The smallest absolute Gasteiger partial charge is 0.311 e. The van der Waals surface area contributed by atoms with Crippen LogP contribution >= 0.6 is 0 Å². The van der Waals surface area contributed by atoms with Gasteiger partial charge in [0.1, 0.15) is 23.6 Å². The highest BCUT2D eigenvalue weighted by Crippen LogP contribution is 2.40. The molecule has 0 amide bonds. The van der Waals surface area contributed by atoms with E-state index in [0.29, 0.717) is 19.4 Å². The van der Waals surface area contributed by atoms with Crippen molar-refractivity contribution in [1.29, 1.82) is 0 Å². The fraction of sp³-hybridized carbons (Fsp3) is 0.943. The molecule has 3 N–H and O–H groups in total. The zero-order chi connectivity index (χ0) is 35.4. The van der Waals surface area contributed by atoms with E-state index in [1.165, 1.54) is 6.92 Å². The van der Waals surface area contributed by atoms with E-state index in [1.807, 2.05) is 39.8 Å². The molecule has 3 heterocycles. The fourth-order valence-electron chi connectivity index (χ4n) is 7.81. The molecule has 3 aliphatic heterocycles. The minimum Gasteiger partial charge on any atom is -0.459 e. The van der Waals surface area contributed by atoms with Gasteiger partial charge in [0.2, 0.25) is 0 Å². The second-order valence-electron chi connectivity index (χ2n) is 15.0. The Morgan fingerprint density at radius 2 is 1.66 bits per heavy atom. The van der Waals surface area contributed by atoms with Crippen LogP contribution in [-0.2, 0) is 38.0 Å². The highest BCUT2D eigenvalue weighted by atomic mass is 16.7. The van der Waals surface area contributed by atoms with Crippen LogP contribution in [0.4, 0.5) is 0 Å². The first-order valence-electron chi connectivity index (χ1n) is 17.5. The average molecular weight is 674 g/mol. The summed E-state index contributed by atoms with van der Waals surface area (Å²) in [7, 11) is 5.34. The molecule has 15 atom stereocenters. The van der Waals surface area contributed by atoms with Gasteiger partial charge in [-0.25, -0.2) is 0 Å². The van der Waals surface area contributed by atoms with E-state index < -0.39 is 83.9 Å². The Balaban J connectivity index is 2.16. The lowest BCUT2D eigenvalue weighted by atomic mass is 9.74. The van der Waals surface area contributed by atoms with E-state index in [-0.39, 0.29) is 30.8 Å². The summed E-state index contributed by atoms with van der Waals surface area (Å²) in [6.07, 6.45) is -3.63. The maximum atomic E-state index is 13.9. The molecule has 47 heavy (non-hydrogen) atoms. The minimum absolute atomic E-state index is 0.175. The topological polar surface area (TPSA) is 153 Å². The number of esters is 1. The number of ketones is 1. The highest BCUT2D eigenvalue weighted by molar-refractivity contribution is 5.83. The number of carbonyl (C=O) groups excluding carboxylic acids is 2. The average Bonchev–Trinajstić information content (AvgIpc) is 3.03. The Bertz CT molecular complexity index is 1020. The largest absolute Gasteiger partial charge is 0.459 e. The molecule has 3 aliphatic rings. The molecule has 0 aromatic rings. The zero-order valence-corrected chi connectivity index (χ0v) is 30.5. The van der Waals surface area contributed by atoms with Crippen molar-refractivity contribution in [2.75, 3.05) is 27.8 Å². The molecule has 0 spiro atoms. The number of methoxy groups -OCH3 is 1. The molecule has 3 rings (SSSR count). The summed E-state index contributed by atoms with van der Waals surface area (Å²) >= 11 is 0. The van der Waals surface area contributed by atoms with Crippen molar-refractivity contribution >= 4 is 11.8 Å². The molecule has 3 saturated heterocycles. The molecular formula is C35H63NO11. The Morgan fingerprint density at radius 1 is 1.00 bits per heavy atom. The van der Waals surface area contributed by atoms with Gasteiger partial charge in [-0.05, 0) is 80.3 Å². The van der Waals surface area contributed by atoms with Crippen LogP contribution in [0.15, 0.2) is 0 Å². The summed E-state index contributed by atoms with van der Waals surface area (Å²) in [4.78, 5) is 29.7. The van der Waals surface area contributed by atoms with Crippen LogP contribution in [0.25, 0.3) is 0 Å². The third kappa shape index (κ3) is 9.12. The Hall–Kier alpha value is -1.22. The van der Waals surface area contributed by atoms with Crippen LogP contribution in [0.5, 0.6) is 0 Å². The molecule has 0 aromatic carbocycles. The lowest BCUT2D eigenvalue weighted by Crippen LogP contribution is -2.60. The van der Waals surface area contributed by atoms with Gasteiger partial charge in [0.25, 0.3) is 0 Å². The van der Waals surface area contributed by atoms with Crippen molar-refractivity contribution in [3.8, 4) is 0 Å². The number of Topliss-reactive ketones (excluding diaryl/α,β-unsaturated/α-hetero) is 1. The number of hydrogen-bond acceptors (Lipinski definition) is 12. The van der Waals surface area contributed by atoms with Crippen LogP contribution in [0.3, 0.4) is 0 Å². The van der Waals surface area contributed by atoms with Crippen LogP contribution in [0, 0.1) is 23.7 Å². The summed E-state index contributed by atoms with van der Waals surface area (Å²) in [5.74, 6) is -3.96. The molecule has 12 heteroatoms. The number of rotatable bonds is 7. The third-order valence-electron chi connectivity index (χ3n) is 10.9. The number of aliphatic hydroxyl groups is 3. The first-order valence-corrected chi connectivity index (χ1v) is 17.5. The Kier molecular flexibility index (Phi) is 14.3. The van der Waals surface area contributed by atoms with E-state index in [4.69, 9.17) is 28.4 Å². The van der Waals surface area contributed by atoms with E-state index in [1.54, 1.807) is 34.8 Å². The first-order chi connectivity index (χ1) is 21.9. The summed E-state index contributed by atoms with van der Waals surface area (Å²) in [5, 5.41) is 34.3.